The molecule has 172 valence electrons. The minimum Gasteiger partial charge on any atom is -0.332 e. The van der Waals surface area contributed by atoms with E-state index >= 15 is 0 Å². The van der Waals surface area contributed by atoms with Crippen molar-refractivity contribution < 1.29 is 4.79 Å². The number of Topliss-reactive ketones (excluding diaryl/α,β-unsaturated/α-hetero) is 1. The molecule has 4 atom stereocenters. The highest BCUT2D eigenvalue weighted by molar-refractivity contribution is 5.77. The van der Waals surface area contributed by atoms with E-state index in [2.05, 4.69) is 40.9 Å². The Kier molecular flexibility index (Phi) is 6.97. The predicted octanol–water partition coefficient (Wildman–Crippen LogP) is 3.86. The highest BCUT2D eigenvalue weighted by Gasteiger charge is 2.43. The first-order chi connectivity index (χ1) is 15.0. The summed E-state index contributed by atoms with van der Waals surface area (Å²) < 4.78 is 0. The van der Waals surface area contributed by atoms with Gasteiger partial charge in [0.05, 0.1) is 6.54 Å². The summed E-state index contributed by atoms with van der Waals surface area (Å²) in [5.41, 5.74) is 1.29. The highest BCUT2D eigenvalue weighted by atomic mass is 16.1. The SMILES string of the molecule is CC.CC(=O)CN1C2CCC1CC(c1cnc(N3C4CCC3CN(C(C)C)C4)nc1)C2. The van der Waals surface area contributed by atoms with Crippen molar-refractivity contribution >= 4 is 11.7 Å². The van der Waals surface area contributed by atoms with Gasteiger partial charge in [-0.05, 0) is 70.8 Å². The second-order valence-corrected chi connectivity index (χ2v) is 10.1. The molecule has 1 aromatic heterocycles. The Balaban J connectivity index is 0.00000112. The van der Waals surface area contributed by atoms with Gasteiger partial charge < -0.3 is 4.90 Å². The fraction of sp³-hybridized carbons (Fsp3) is 0.800. The van der Waals surface area contributed by atoms with Crippen LogP contribution in [0.25, 0.3) is 0 Å². The maximum atomic E-state index is 11.6. The van der Waals surface area contributed by atoms with Crippen LogP contribution in [0.1, 0.15) is 84.6 Å². The minimum absolute atomic E-state index is 0.292. The molecule has 0 saturated carbocycles. The number of piperidine rings is 1. The molecule has 0 N–H and O–H groups in total. The van der Waals surface area contributed by atoms with Crippen LogP contribution in [-0.4, -0.2) is 75.4 Å². The van der Waals surface area contributed by atoms with E-state index in [9.17, 15) is 4.79 Å². The molecule has 6 heteroatoms. The van der Waals surface area contributed by atoms with E-state index in [-0.39, 0.29) is 0 Å². The topological polar surface area (TPSA) is 52.6 Å². The largest absolute Gasteiger partial charge is 0.332 e. The number of aromatic nitrogens is 2. The molecule has 4 aliphatic heterocycles. The van der Waals surface area contributed by atoms with E-state index in [0.717, 1.165) is 31.9 Å². The minimum atomic E-state index is 0.292. The van der Waals surface area contributed by atoms with Gasteiger partial charge in [-0.1, -0.05) is 13.8 Å². The summed E-state index contributed by atoms with van der Waals surface area (Å²) >= 11 is 0. The lowest BCUT2D eigenvalue weighted by molar-refractivity contribution is -0.119. The van der Waals surface area contributed by atoms with Crippen molar-refractivity contribution in [2.45, 2.75) is 109 Å². The van der Waals surface area contributed by atoms with Crippen molar-refractivity contribution in [2.75, 3.05) is 24.5 Å². The lowest BCUT2D eigenvalue weighted by atomic mass is 9.86. The molecule has 0 aliphatic carbocycles. The van der Waals surface area contributed by atoms with Gasteiger partial charge >= 0.3 is 0 Å². The molecule has 4 unspecified atom stereocenters. The zero-order valence-electron chi connectivity index (χ0n) is 20.1. The number of rotatable bonds is 5. The lowest BCUT2D eigenvalue weighted by Crippen LogP contribution is -2.56. The molecule has 0 spiro atoms. The number of carbonyl (C=O) groups is 1. The van der Waals surface area contributed by atoms with Gasteiger partial charge in [-0.15, -0.1) is 0 Å². The van der Waals surface area contributed by atoms with Crippen LogP contribution in [0, 0.1) is 0 Å². The second-order valence-electron chi connectivity index (χ2n) is 10.1. The molecule has 0 amide bonds. The van der Waals surface area contributed by atoms with Gasteiger partial charge in [0.2, 0.25) is 5.95 Å². The van der Waals surface area contributed by atoms with Gasteiger partial charge in [0.1, 0.15) is 5.78 Å². The van der Waals surface area contributed by atoms with E-state index in [1.54, 1.807) is 6.92 Å². The summed E-state index contributed by atoms with van der Waals surface area (Å²) in [4.78, 5) is 28.9. The quantitative estimate of drug-likeness (QED) is 0.711. The van der Waals surface area contributed by atoms with Crippen LogP contribution in [0.2, 0.25) is 0 Å². The highest BCUT2D eigenvalue weighted by Crippen LogP contribution is 2.43. The van der Waals surface area contributed by atoms with Crippen molar-refractivity contribution in [3.05, 3.63) is 18.0 Å². The summed E-state index contributed by atoms with van der Waals surface area (Å²) in [5, 5.41) is 0. The summed E-state index contributed by atoms with van der Waals surface area (Å²) in [5.74, 6) is 1.76. The van der Waals surface area contributed by atoms with Crippen molar-refractivity contribution in [3.63, 3.8) is 0 Å². The molecule has 4 bridgehead atoms. The smallest absolute Gasteiger partial charge is 0.225 e. The van der Waals surface area contributed by atoms with Crippen LogP contribution in [0.5, 0.6) is 0 Å². The van der Waals surface area contributed by atoms with Crippen LogP contribution in [-0.2, 0) is 4.79 Å². The van der Waals surface area contributed by atoms with E-state index in [1.165, 1.54) is 31.2 Å². The number of fused-ring (bicyclic) bond motifs is 4. The molecular formula is C25H41N5O. The van der Waals surface area contributed by atoms with Gasteiger partial charge in [0.15, 0.2) is 0 Å². The fourth-order valence-corrected chi connectivity index (χ4v) is 6.42. The Morgan fingerprint density at radius 2 is 1.48 bits per heavy atom. The summed E-state index contributed by atoms with van der Waals surface area (Å²) in [6.45, 7) is 13.2. The number of ketones is 1. The third-order valence-electron chi connectivity index (χ3n) is 7.89. The van der Waals surface area contributed by atoms with Gasteiger partial charge in [0, 0.05) is 55.7 Å². The van der Waals surface area contributed by atoms with Crippen molar-refractivity contribution in [1.29, 1.82) is 0 Å². The van der Waals surface area contributed by atoms with Crippen molar-refractivity contribution in [1.82, 2.24) is 19.8 Å². The van der Waals surface area contributed by atoms with Gasteiger partial charge in [-0.25, -0.2) is 9.97 Å². The molecule has 5 rings (SSSR count). The Hall–Kier alpha value is -1.53. The van der Waals surface area contributed by atoms with E-state index in [0.29, 0.717) is 48.5 Å². The van der Waals surface area contributed by atoms with Crippen LogP contribution in [0.15, 0.2) is 12.4 Å². The lowest BCUT2D eigenvalue weighted by Gasteiger charge is -2.43. The Labute approximate surface area is 188 Å². The number of carbonyl (C=O) groups excluding carboxylic acids is 1. The third kappa shape index (κ3) is 4.51. The number of hydrogen-bond donors (Lipinski definition) is 0. The molecule has 4 fully saturated rings. The Morgan fingerprint density at radius 3 is 1.97 bits per heavy atom. The first-order valence-corrected chi connectivity index (χ1v) is 12.6. The van der Waals surface area contributed by atoms with Crippen LogP contribution < -0.4 is 4.90 Å². The zero-order chi connectivity index (χ0) is 22.1. The predicted molar refractivity (Wildman–Crippen MR) is 126 cm³/mol. The maximum absolute atomic E-state index is 11.6. The van der Waals surface area contributed by atoms with Crippen LogP contribution >= 0.6 is 0 Å². The standard InChI is InChI=1S/C23H35N5O.C2H6/c1-15(2)26-13-21-6-7-22(14-26)28(21)23-24-10-18(11-25-23)17-8-19-4-5-20(9-17)27(19)12-16(3)29;1-2/h10-11,15,17,19-22H,4-9,12-14H2,1-3H3;1-2H3. The van der Waals surface area contributed by atoms with Crippen molar-refractivity contribution in [2.24, 2.45) is 0 Å². The Bertz CT molecular complexity index is 723. The van der Waals surface area contributed by atoms with E-state index < -0.39 is 0 Å². The monoisotopic (exact) mass is 427 g/mol. The fourth-order valence-electron chi connectivity index (χ4n) is 6.42. The van der Waals surface area contributed by atoms with E-state index in [1.807, 2.05) is 13.8 Å². The number of hydrogen-bond acceptors (Lipinski definition) is 6. The van der Waals surface area contributed by atoms with E-state index in [4.69, 9.17) is 9.97 Å². The molecule has 1 aromatic rings. The molecule has 6 nitrogen and oxygen atoms in total. The third-order valence-corrected chi connectivity index (χ3v) is 7.89. The second kappa shape index (κ2) is 9.53. The van der Waals surface area contributed by atoms with Gasteiger partial charge in [-0.2, -0.15) is 0 Å². The number of nitrogens with zero attached hydrogens (tertiary/aromatic N) is 5. The van der Waals surface area contributed by atoms with Gasteiger partial charge in [-0.3, -0.25) is 14.6 Å². The summed E-state index contributed by atoms with van der Waals surface area (Å²) in [6, 6.07) is 2.86. The molecule has 31 heavy (non-hydrogen) atoms. The molecule has 0 radical (unpaired) electrons. The average molecular weight is 428 g/mol. The molecule has 0 aromatic carbocycles. The average Bonchev–Trinajstić information content (AvgIpc) is 3.15. The first kappa shape index (κ1) is 22.7. The molecule has 4 aliphatic rings. The Morgan fingerprint density at radius 1 is 0.968 bits per heavy atom. The van der Waals surface area contributed by atoms with Crippen LogP contribution in [0.4, 0.5) is 5.95 Å². The molecular weight excluding hydrogens is 386 g/mol. The first-order valence-electron chi connectivity index (χ1n) is 12.6. The van der Waals surface area contributed by atoms with Crippen molar-refractivity contribution in [3.8, 4) is 0 Å². The number of likely N-dealkylation sites (tertiary alicyclic amines) is 1. The number of anilines is 1. The zero-order valence-corrected chi connectivity index (χ0v) is 20.1. The number of piperazine rings is 1. The molecule has 5 heterocycles. The maximum Gasteiger partial charge on any atom is 0.225 e. The molecule has 4 saturated heterocycles. The van der Waals surface area contributed by atoms with Gasteiger partial charge in [0.25, 0.3) is 0 Å². The summed E-state index contributed by atoms with van der Waals surface area (Å²) in [6.07, 6.45) is 11.5. The summed E-state index contributed by atoms with van der Waals surface area (Å²) in [7, 11) is 0. The van der Waals surface area contributed by atoms with Crippen LogP contribution in [0.3, 0.4) is 0 Å². The normalized spacial score (nSPS) is 32.8.